The monoisotopic (exact) mass is 412 g/mol. The van der Waals surface area contributed by atoms with Crippen molar-refractivity contribution in [2.24, 2.45) is 10.7 Å². The largest absolute Gasteiger partial charge is 0.405 e. The highest BCUT2D eigenvalue weighted by Gasteiger charge is 2.08. The van der Waals surface area contributed by atoms with E-state index >= 15 is 0 Å². The maximum Gasteiger partial charge on any atom is 0.255 e. The summed E-state index contributed by atoms with van der Waals surface area (Å²) in [5.41, 5.74) is 15.5. The minimum absolute atomic E-state index is 0.221. The molecule has 31 heavy (non-hydrogen) atoms. The fourth-order valence-corrected chi connectivity index (χ4v) is 2.77. The summed E-state index contributed by atoms with van der Waals surface area (Å²) < 4.78 is 0. The van der Waals surface area contributed by atoms with Crippen LogP contribution in [0.5, 0.6) is 0 Å². The van der Waals surface area contributed by atoms with Gasteiger partial charge in [0.2, 0.25) is 0 Å². The third kappa shape index (κ3) is 6.04. The molecule has 1 heterocycles. The predicted octanol–water partition coefficient (Wildman–Crippen LogP) is 3.44. The molecular weight excluding hydrogens is 388 g/mol. The number of rotatable bonds is 8. The molecule has 0 atom stereocenters. The van der Waals surface area contributed by atoms with Gasteiger partial charge in [-0.1, -0.05) is 30.8 Å². The minimum atomic E-state index is -0.221. The van der Waals surface area contributed by atoms with Crippen LogP contribution in [0.3, 0.4) is 0 Å². The molecule has 0 unspecified atom stereocenters. The van der Waals surface area contributed by atoms with Crippen LogP contribution in [0.4, 0.5) is 11.4 Å². The second-order valence-electron chi connectivity index (χ2n) is 6.64. The summed E-state index contributed by atoms with van der Waals surface area (Å²) in [4.78, 5) is 21.0. The Morgan fingerprint density at radius 2 is 1.84 bits per heavy atom. The molecule has 0 bridgehead atoms. The van der Waals surface area contributed by atoms with Gasteiger partial charge in [0.1, 0.15) is 5.82 Å². The number of nitrogens with one attached hydrogen (secondary N) is 2. The zero-order valence-electron chi connectivity index (χ0n) is 17.0. The first-order chi connectivity index (χ1) is 15.1. The summed E-state index contributed by atoms with van der Waals surface area (Å²) in [7, 11) is 0. The summed E-state index contributed by atoms with van der Waals surface area (Å²) in [6.07, 6.45) is 6.51. The van der Waals surface area contributed by atoms with Crippen LogP contribution >= 0.6 is 0 Å². The van der Waals surface area contributed by atoms with Crippen molar-refractivity contribution >= 4 is 23.0 Å². The third-order valence-electron chi connectivity index (χ3n) is 4.39. The van der Waals surface area contributed by atoms with Crippen LogP contribution in [0.15, 0.2) is 103 Å². The van der Waals surface area contributed by atoms with E-state index in [2.05, 4.69) is 27.2 Å². The van der Waals surface area contributed by atoms with Crippen LogP contribution in [-0.2, 0) is 6.54 Å². The van der Waals surface area contributed by atoms with E-state index in [1.54, 1.807) is 42.7 Å². The zero-order chi connectivity index (χ0) is 22.1. The van der Waals surface area contributed by atoms with Gasteiger partial charge >= 0.3 is 0 Å². The molecule has 7 nitrogen and oxygen atoms in total. The summed E-state index contributed by atoms with van der Waals surface area (Å²) in [6.45, 7) is 4.45. The number of carbonyl (C=O) groups excluding carboxylic acids is 1. The van der Waals surface area contributed by atoms with Crippen molar-refractivity contribution in [1.29, 1.82) is 0 Å². The summed E-state index contributed by atoms with van der Waals surface area (Å²) in [5, 5.41) is 5.97. The molecule has 0 spiro atoms. The van der Waals surface area contributed by atoms with Gasteiger partial charge in [-0.15, -0.1) is 0 Å². The molecule has 0 saturated carbocycles. The number of para-hydroxylation sites is 2. The lowest BCUT2D eigenvalue weighted by Gasteiger charge is -2.10. The highest BCUT2D eigenvalue weighted by atomic mass is 16.1. The van der Waals surface area contributed by atoms with Gasteiger partial charge in [-0.05, 0) is 54.2 Å². The van der Waals surface area contributed by atoms with E-state index in [-0.39, 0.29) is 5.91 Å². The number of nitrogen functional groups attached to an aromatic ring is 1. The van der Waals surface area contributed by atoms with Crippen LogP contribution < -0.4 is 22.1 Å². The number of pyridine rings is 1. The Morgan fingerprint density at radius 1 is 1.06 bits per heavy atom. The number of nitrogens with zero attached hydrogens (tertiary/aromatic N) is 2. The third-order valence-corrected chi connectivity index (χ3v) is 4.39. The number of hydrogen-bond donors (Lipinski definition) is 4. The lowest BCUT2D eigenvalue weighted by molar-refractivity contribution is 0.102. The van der Waals surface area contributed by atoms with Gasteiger partial charge in [0.15, 0.2) is 0 Å². The number of nitrogens with two attached hydrogens (primary N) is 2. The smallest absolute Gasteiger partial charge is 0.255 e. The lowest BCUT2D eigenvalue weighted by atomic mass is 10.1. The molecule has 0 saturated heterocycles. The topological polar surface area (TPSA) is 118 Å². The predicted molar refractivity (Wildman–Crippen MR) is 125 cm³/mol. The van der Waals surface area contributed by atoms with Gasteiger partial charge in [0, 0.05) is 30.1 Å². The number of amides is 1. The van der Waals surface area contributed by atoms with E-state index in [9.17, 15) is 4.79 Å². The molecule has 0 aliphatic rings. The highest BCUT2D eigenvalue weighted by Crippen LogP contribution is 2.18. The van der Waals surface area contributed by atoms with Crippen molar-refractivity contribution in [3.8, 4) is 0 Å². The van der Waals surface area contributed by atoms with Crippen LogP contribution in [0, 0.1) is 0 Å². The number of aromatic nitrogens is 1. The molecule has 2 aromatic carbocycles. The second-order valence-corrected chi connectivity index (χ2v) is 6.64. The lowest BCUT2D eigenvalue weighted by Crippen LogP contribution is -2.14. The first kappa shape index (κ1) is 21.3. The van der Waals surface area contributed by atoms with E-state index in [4.69, 9.17) is 11.5 Å². The standard InChI is InChI=1S/C24H24N6O/c1-17(29-22(12-13-25)20-5-4-14-27-16-20)28-15-18-8-10-19(11-9-18)24(31)30-23-7-3-2-6-21(23)26/h2-14,16,28H,1,15,25-26H2,(H,30,31)/b13-12-,29-22+. The molecule has 0 aliphatic carbocycles. The average molecular weight is 412 g/mol. The van der Waals surface area contributed by atoms with E-state index in [1.165, 1.54) is 6.20 Å². The zero-order valence-corrected chi connectivity index (χ0v) is 17.0. The second kappa shape index (κ2) is 10.4. The number of carbonyl (C=O) groups is 1. The number of allylic oxidation sites excluding steroid dienone is 1. The van der Waals surface area contributed by atoms with Crippen molar-refractivity contribution in [3.63, 3.8) is 0 Å². The molecule has 0 aliphatic heterocycles. The maximum atomic E-state index is 12.4. The molecule has 0 fully saturated rings. The van der Waals surface area contributed by atoms with E-state index in [0.717, 1.165) is 11.1 Å². The quantitative estimate of drug-likeness (QED) is 0.334. The Hall–Kier alpha value is -4.39. The van der Waals surface area contributed by atoms with Crippen LogP contribution in [0.2, 0.25) is 0 Å². The van der Waals surface area contributed by atoms with Crippen molar-refractivity contribution in [2.45, 2.75) is 6.54 Å². The average Bonchev–Trinajstić information content (AvgIpc) is 2.80. The highest BCUT2D eigenvalue weighted by molar-refractivity contribution is 6.09. The van der Waals surface area contributed by atoms with E-state index in [0.29, 0.717) is 35.0 Å². The Morgan fingerprint density at radius 3 is 2.52 bits per heavy atom. The molecular formula is C24H24N6O. The Labute approximate surface area is 181 Å². The molecule has 7 heteroatoms. The van der Waals surface area contributed by atoms with Crippen molar-refractivity contribution in [1.82, 2.24) is 10.3 Å². The Kier molecular flexibility index (Phi) is 7.16. The van der Waals surface area contributed by atoms with Gasteiger partial charge in [0.25, 0.3) is 5.91 Å². The molecule has 3 rings (SSSR count). The Bertz CT molecular complexity index is 1100. The van der Waals surface area contributed by atoms with Crippen molar-refractivity contribution < 1.29 is 4.79 Å². The van der Waals surface area contributed by atoms with Crippen molar-refractivity contribution in [3.05, 3.63) is 114 Å². The number of benzene rings is 2. The SMILES string of the molecule is C=C(/N=C(\C=C/N)c1cccnc1)NCc1ccc(C(=O)Nc2ccccc2N)cc1. The number of anilines is 2. The van der Waals surface area contributed by atoms with Gasteiger partial charge in [-0.25, -0.2) is 4.99 Å². The summed E-state index contributed by atoms with van der Waals surface area (Å²) in [5.74, 6) is 0.263. The minimum Gasteiger partial charge on any atom is -0.405 e. The van der Waals surface area contributed by atoms with Crippen molar-refractivity contribution in [2.75, 3.05) is 11.1 Å². The van der Waals surface area contributed by atoms with Gasteiger partial charge in [0.05, 0.1) is 17.1 Å². The fourth-order valence-electron chi connectivity index (χ4n) is 2.77. The number of aliphatic imine (C=N–C) groups is 1. The van der Waals surface area contributed by atoms with E-state index in [1.807, 2.05) is 36.4 Å². The summed E-state index contributed by atoms with van der Waals surface area (Å²) >= 11 is 0. The normalized spacial score (nSPS) is 11.3. The van der Waals surface area contributed by atoms with Gasteiger partial charge < -0.3 is 22.1 Å². The van der Waals surface area contributed by atoms with Gasteiger partial charge in [-0.3, -0.25) is 9.78 Å². The first-order valence-corrected chi connectivity index (χ1v) is 9.62. The molecule has 1 amide bonds. The maximum absolute atomic E-state index is 12.4. The van der Waals surface area contributed by atoms with Crippen LogP contribution in [0.1, 0.15) is 21.5 Å². The molecule has 1 aromatic heterocycles. The van der Waals surface area contributed by atoms with Crippen LogP contribution in [0.25, 0.3) is 0 Å². The van der Waals surface area contributed by atoms with E-state index < -0.39 is 0 Å². The molecule has 156 valence electrons. The number of hydrogen-bond acceptors (Lipinski definition) is 6. The summed E-state index contributed by atoms with van der Waals surface area (Å²) in [6, 6.07) is 18.1. The Balaban J connectivity index is 1.60. The molecule has 3 aromatic rings. The fraction of sp³-hybridized carbons (Fsp3) is 0.0417. The molecule has 6 N–H and O–H groups in total. The molecule has 0 radical (unpaired) electrons. The first-order valence-electron chi connectivity index (χ1n) is 9.62. The van der Waals surface area contributed by atoms with Gasteiger partial charge in [-0.2, -0.15) is 0 Å². The van der Waals surface area contributed by atoms with Crippen LogP contribution in [-0.4, -0.2) is 16.6 Å².